The summed E-state index contributed by atoms with van der Waals surface area (Å²) in [5.74, 6) is -0.717. The van der Waals surface area contributed by atoms with Crippen LogP contribution in [0.2, 0.25) is 0 Å². The first kappa shape index (κ1) is 23.7. The van der Waals surface area contributed by atoms with Gasteiger partial charge in [-0.05, 0) is 62.2 Å². The second-order valence-corrected chi connectivity index (χ2v) is 9.54. The molecule has 6 nitrogen and oxygen atoms in total. The van der Waals surface area contributed by atoms with Gasteiger partial charge in [0.05, 0.1) is 5.75 Å². The summed E-state index contributed by atoms with van der Waals surface area (Å²) in [6.07, 6.45) is 0.515. The van der Waals surface area contributed by atoms with Crippen LogP contribution in [0.15, 0.2) is 42.5 Å². The van der Waals surface area contributed by atoms with Crippen molar-refractivity contribution < 1.29 is 17.6 Å². The molecule has 0 saturated heterocycles. The molecule has 1 amide bonds. The number of rotatable bonds is 9. The number of hydrogen-bond acceptors (Lipinski definition) is 4. The largest absolute Gasteiger partial charge is 0.377 e. The number of carbonyl (C=O) groups is 1. The number of carbonyl (C=O) groups excluding carboxylic acids is 1. The molecule has 2 rings (SSSR count). The van der Waals surface area contributed by atoms with E-state index < -0.39 is 15.8 Å². The van der Waals surface area contributed by atoms with Gasteiger partial charge in [0.15, 0.2) is 0 Å². The van der Waals surface area contributed by atoms with Crippen LogP contribution in [0.1, 0.15) is 43.1 Å². The van der Waals surface area contributed by atoms with E-state index in [2.05, 4.69) is 4.72 Å². The minimum Gasteiger partial charge on any atom is -0.377 e. The van der Waals surface area contributed by atoms with Gasteiger partial charge in [-0.1, -0.05) is 13.0 Å². The van der Waals surface area contributed by atoms with E-state index in [1.165, 1.54) is 18.2 Å². The topological polar surface area (TPSA) is 69.7 Å². The molecular weight excluding hydrogens is 405 g/mol. The number of benzene rings is 2. The molecule has 164 valence electrons. The van der Waals surface area contributed by atoms with Crippen LogP contribution < -0.4 is 9.62 Å². The molecule has 0 bridgehead atoms. The molecule has 0 radical (unpaired) electrons. The highest BCUT2D eigenvalue weighted by molar-refractivity contribution is 7.92. The summed E-state index contributed by atoms with van der Waals surface area (Å²) in [6, 6.07) is 10.8. The van der Waals surface area contributed by atoms with Crippen molar-refractivity contribution in [2.24, 2.45) is 0 Å². The Balaban J connectivity index is 2.40. The summed E-state index contributed by atoms with van der Waals surface area (Å²) in [5.41, 5.74) is 2.38. The van der Waals surface area contributed by atoms with Crippen molar-refractivity contribution in [2.75, 3.05) is 29.5 Å². The van der Waals surface area contributed by atoms with Crippen LogP contribution in [0.3, 0.4) is 0 Å². The lowest BCUT2D eigenvalue weighted by atomic mass is 10.1. The molecule has 0 fully saturated rings. The molecule has 0 aliphatic rings. The van der Waals surface area contributed by atoms with Crippen LogP contribution >= 0.6 is 0 Å². The maximum atomic E-state index is 13.6. The van der Waals surface area contributed by atoms with Gasteiger partial charge in [0.1, 0.15) is 5.82 Å². The van der Waals surface area contributed by atoms with Gasteiger partial charge in [0.25, 0.3) is 5.91 Å². The monoisotopic (exact) mass is 435 g/mol. The molecule has 8 heteroatoms. The number of anilines is 2. The molecule has 0 aromatic heterocycles. The minimum absolute atomic E-state index is 0.0357. The number of nitrogens with zero attached hydrogens (tertiary/aromatic N) is 2. The Hall–Kier alpha value is -2.61. The van der Waals surface area contributed by atoms with Gasteiger partial charge in [0.2, 0.25) is 10.0 Å². The first-order valence-corrected chi connectivity index (χ1v) is 11.6. The predicted octanol–water partition coefficient (Wildman–Crippen LogP) is 4.09. The van der Waals surface area contributed by atoms with Crippen molar-refractivity contribution in [1.82, 2.24) is 4.90 Å². The lowest BCUT2D eigenvalue weighted by molar-refractivity contribution is 0.0690. The molecule has 0 aliphatic heterocycles. The van der Waals surface area contributed by atoms with Crippen molar-refractivity contribution >= 4 is 27.3 Å². The Morgan fingerprint density at radius 3 is 2.40 bits per heavy atom. The van der Waals surface area contributed by atoms with Gasteiger partial charge < -0.3 is 9.80 Å². The lowest BCUT2D eigenvalue weighted by Gasteiger charge is -2.29. The molecular formula is C22H30FN3O3S. The van der Waals surface area contributed by atoms with Crippen LogP contribution in [0, 0.1) is 5.82 Å². The predicted molar refractivity (Wildman–Crippen MR) is 120 cm³/mol. The van der Waals surface area contributed by atoms with Crippen LogP contribution in [-0.2, 0) is 16.6 Å². The van der Waals surface area contributed by atoms with Crippen molar-refractivity contribution in [2.45, 2.75) is 39.8 Å². The highest BCUT2D eigenvalue weighted by Gasteiger charge is 2.22. The summed E-state index contributed by atoms with van der Waals surface area (Å²) in [6.45, 7) is 5.84. The van der Waals surface area contributed by atoms with Gasteiger partial charge in [-0.25, -0.2) is 12.8 Å². The average molecular weight is 436 g/mol. The van der Waals surface area contributed by atoms with Crippen molar-refractivity contribution in [3.63, 3.8) is 0 Å². The van der Waals surface area contributed by atoms with E-state index in [1.807, 2.05) is 38.9 Å². The van der Waals surface area contributed by atoms with Crippen LogP contribution in [0.4, 0.5) is 15.8 Å². The number of nitrogens with one attached hydrogen (secondary N) is 1. The Kier molecular flexibility index (Phi) is 7.83. The Morgan fingerprint density at radius 2 is 1.83 bits per heavy atom. The van der Waals surface area contributed by atoms with Gasteiger partial charge >= 0.3 is 0 Å². The van der Waals surface area contributed by atoms with Crippen molar-refractivity contribution in [1.29, 1.82) is 0 Å². The van der Waals surface area contributed by atoms with E-state index in [4.69, 9.17) is 0 Å². The smallest absolute Gasteiger partial charge is 0.254 e. The summed E-state index contributed by atoms with van der Waals surface area (Å²) < 4.78 is 40.5. The molecule has 0 unspecified atom stereocenters. The van der Waals surface area contributed by atoms with Gasteiger partial charge in [0, 0.05) is 43.6 Å². The number of hydrogen-bond donors (Lipinski definition) is 1. The van der Waals surface area contributed by atoms with Gasteiger partial charge in [-0.3, -0.25) is 9.52 Å². The van der Waals surface area contributed by atoms with Gasteiger partial charge in [-0.2, -0.15) is 0 Å². The molecule has 0 heterocycles. The molecule has 2 aromatic carbocycles. The second-order valence-electron chi connectivity index (χ2n) is 7.70. The third-order valence-electron chi connectivity index (χ3n) is 4.60. The zero-order chi connectivity index (χ0) is 22.5. The second kappa shape index (κ2) is 9.93. The Morgan fingerprint density at radius 1 is 1.13 bits per heavy atom. The molecule has 0 saturated carbocycles. The molecule has 30 heavy (non-hydrogen) atoms. The maximum Gasteiger partial charge on any atom is 0.254 e. The van der Waals surface area contributed by atoms with E-state index in [1.54, 1.807) is 30.0 Å². The van der Waals surface area contributed by atoms with Gasteiger partial charge in [-0.15, -0.1) is 0 Å². The zero-order valence-electron chi connectivity index (χ0n) is 18.1. The van der Waals surface area contributed by atoms with E-state index >= 15 is 0 Å². The maximum absolute atomic E-state index is 13.6. The van der Waals surface area contributed by atoms with Crippen LogP contribution in [0.5, 0.6) is 0 Å². The van der Waals surface area contributed by atoms with Crippen molar-refractivity contribution in [3.8, 4) is 0 Å². The van der Waals surface area contributed by atoms with Crippen molar-refractivity contribution in [3.05, 3.63) is 59.4 Å². The normalized spacial score (nSPS) is 11.4. The molecule has 1 N–H and O–H groups in total. The summed E-state index contributed by atoms with van der Waals surface area (Å²) >= 11 is 0. The lowest BCUT2D eigenvalue weighted by Crippen LogP contribution is -2.37. The first-order valence-electron chi connectivity index (χ1n) is 9.91. The highest BCUT2D eigenvalue weighted by Crippen LogP contribution is 2.26. The van der Waals surface area contributed by atoms with E-state index in [0.717, 1.165) is 11.3 Å². The van der Waals surface area contributed by atoms with Crippen LogP contribution in [-0.4, -0.2) is 45.1 Å². The summed E-state index contributed by atoms with van der Waals surface area (Å²) in [4.78, 5) is 16.6. The third kappa shape index (κ3) is 6.19. The molecule has 0 atom stereocenters. The first-order chi connectivity index (χ1) is 14.0. The fourth-order valence-corrected chi connectivity index (χ4v) is 4.30. The van der Waals surface area contributed by atoms with Crippen LogP contribution in [0.25, 0.3) is 0 Å². The standard InChI is InChI=1S/C22H30FN3O3S/c1-6-12-30(28,29)24-20-10-11-21(25(4)5)18(14-20)15-26(16(2)3)22(27)17-8-7-9-19(23)13-17/h7-11,13-14,16,24H,6,12,15H2,1-5H3. The average Bonchev–Trinajstić information content (AvgIpc) is 2.64. The SMILES string of the molecule is CCCS(=O)(=O)Nc1ccc(N(C)C)c(CN(C(=O)c2cccc(F)c2)C(C)C)c1. The van der Waals surface area contributed by atoms with E-state index in [9.17, 15) is 17.6 Å². The van der Waals surface area contributed by atoms with E-state index in [0.29, 0.717) is 12.1 Å². The number of sulfonamides is 1. The Labute approximate surface area is 178 Å². The fraction of sp³-hybridized carbons (Fsp3) is 0.409. The molecule has 0 spiro atoms. The molecule has 2 aromatic rings. The Bertz CT molecular complexity index is 991. The fourth-order valence-electron chi connectivity index (χ4n) is 3.17. The zero-order valence-corrected chi connectivity index (χ0v) is 19.0. The van der Waals surface area contributed by atoms with E-state index in [-0.39, 0.29) is 29.8 Å². The highest BCUT2D eigenvalue weighted by atomic mass is 32.2. The molecule has 0 aliphatic carbocycles. The summed E-state index contributed by atoms with van der Waals surface area (Å²) in [5, 5.41) is 0. The minimum atomic E-state index is -3.43. The summed E-state index contributed by atoms with van der Waals surface area (Å²) in [7, 11) is 0.336. The quantitative estimate of drug-likeness (QED) is 0.644. The third-order valence-corrected chi connectivity index (χ3v) is 6.10. The number of amides is 1. The number of halogens is 1.